The van der Waals surface area contributed by atoms with E-state index in [1.165, 1.54) is 0 Å². The van der Waals surface area contributed by atoms with Crippen LogP contribution in [-0.4, -0.2) is 7.11 Å². The zero-order chi connectivity index (χ0) is 10.7. The number of methoxy groups -OCH3 is 1. The summed E-state index contributed by atoms with van der Waals surface area (Å²) in [6, 6.07) is 6.24. The smallest absolute Gasteiger partial charge is 0.122 e. The molecule has 0 heterocycles. The number of nitrogens with two attached hydrogens (primary N) is 1. The van der Waals surface area contributed by atoms with E-state index in [1.54, 1.807) is 7.11 Å². The molecule has 2 nitrogen and oxygen atoms in total. The van der Waals surface area contributed by atoms with Crippen LogP contribution < -0.4 is 10.5 Å². The normalized spacial score (nSPS) is 13.0. The molecule has 0 amide bonds. The molecule has 0 saturated carbocycles. The van der Waals surface area contributed by atoms with E-state index in [1.807, 2.05) is 13.0 Å². The van der Waals surface area contributed by atoms with Crippen molar-refractivity contribution < 1.29 is 4.74 Å². The minimum atomic E-state index is 0.0875. The van der Waals surface area contributed by atoms with Gasteiger partial charge in [-0.3, -0.25) is 0 Å². The van der Waals surface area contributed by atoms with Crippen LogP contribution in [0, 0.1) is 12.8 Å². The molecule has 0 aliphatic heterocycles. The number of aryl methyl sites for hydroxylation is 1. The first-order valence-corrected chi connectivity index (χ1v) is 4.96. The molecule has 2 heteroatoms. The van der Waals surface area contributed by atoms with E-state index in [2.05, 4.69) is 26.0 Å². The van der Waals surface area contributed by atoms with Crippen molar-refractivity contribution >= 4 is 0 Å². The van der Waals surface area contributed by atoms with E-state index < -0.39 is 0 Å². The van der Waals surface area contributed by atoms with Gasteiger partial charge < -0.3 is 10.5 Å². The Kier molecular flexibility index (Phi) is 3.53. The average Bonchev–Trinajstić information content (AvgIpc) is 2.17. The molecule has 2 N–H and O–H groups in total. The highest BCUT2D eigenvalue weighted by molar-refractivity contribution is 5.37. The van der Waals surface area contributed by atoms with Crippen LogP contribution in [0.5, 0.6) is 5.75 Å². The van der Waals surface area contributed by atoms with Gasteiger partial charge in [-0.05, 0) is 30.0 Å². The lowest BCUT2D eigenvalue weighted by Gasteiger charge is -2.17. The summed E-state index contributed by atoms with van der Waals surface area (Å²) in [5.74, 6) is 1.36. The molecule has 78 valence electrons. The number of ether oxygens (including phenoxy) is 1. The van der Waals surface area contributed by atoms with Crippen molar-refractivity contribution in [3.8, 4) is 5.75 Å². The van der Waals surface area contributed by atoms with Crippen molar-refractivity contribution in [2.75, 3.05) is 7.11 Å². The standard InChI is InChI=1S/C12H19NO/c1-8(2)12(13)10-6-5-9(3)11(7-10)14-4/h5-8,12H,13H2,1-4H3/t12-/m0/s1. The third kappa shape index (κ3) is 2.26. The lowest BCUT2D eigenvalue weighted by molar-refractivity contribution is 0.409. The topological polar surface area (TPSA) is 35.2 Å². The third-order valence-electron chi connectivity index (χ3n) is 2.54. The molecule has 0 bridgehead atoms. The van der Waals surface area contributed by atoms with Gasteiger partial charge in [-0.1, -0.05) is 26.0 Å². The highest BCUT2D eigenvalue weighted by Gasteiger charge is 2.11. The van der Waals surface area contributed by atoms with Gasteiger partial charge in [0.25, 0.3) is 0 Å². The molecule has 0 unspecified atom stereocenters. The Balaban J connectivity index is 3.00. The van der Waals surface area contributed by atoms with Crippen LogP contribution in [0.25, 0.3) is 0 Å². The maximum absolute atomic E-state index is 6.06. The van der Waals surface area contributed by atoms with E-state index in [0.29, 0.717) is 5.92 Å². The summed E-state index contributed by atoms with van der Waals surface area (Å²) in [7, 11) is 1.69. The van der Waals surface area contributed by atoms with Crippen molar-refractivity contribution in [1.29, 1.82) is 0 Å². The first kappa shape index (κ1) is 11.1. The Morgan fingerprint density at radius 2 is 1.93 bits per heavy atom. The predicted octanol–water partition coefficient (Wildman–Crippen LogP) is 2.66. The molecule has 1 aromatic rings. The highest BCUT2D eigenvalue weighted by atomic mass is 16.5. The van der Waals surface area contributed by atoms with Crippen LogP contribution in [0.1, 0.15) is 31.0 Å². The highest BCUT2D eigenvalue weighted by Crippen LogP contribution is 2.25. The second-order valence-electron chi connectivity index (χ2n) is 4.00. The second-order valence-corrected chi connectivity index (χ2v) is 4.00. The zero-order valence-corrected chi connectivity index (χ0v) is 9.37. The first-order chi connectivity index (χ1) is 6.56. The Morgan fingerprint density at radius 3 is 2.43 bits per heavy atom. The van der Waals surface area contributed by atoms with Gasteiger partial charge >= 0.3 is 0 Å². The van der Waals surface area contributed by atoms with Crippen LogP contribution in [0.2, 0.25) is 0 Å². The molecule has 0 radical (unpaired) electrons. The summed E-state index contributed by atoms with van der Waals surface area (Å²) in [6.45, 7) is 6.28. The predicted molar refractivity (Wildman–Crippen MR) is 59.5 cm³/mol. The van der Waals surface area contributed by atoms with E-state index in [-0.39, 0.29) is 6.04 Å². The van der Waals surface area contributed by atoms with Gasteiger partial charge in [0.05, 0.1) is 7.11 Å². The molecular weight excluding hydrogens is 174 g/mol. The first-order valence-electron chi connectivity index (χ1n) is 4.96. The number of hydrogen-bond donors (Lipinski definition) is 1. The van der Waals surface area contributed by atoms with Crippen LogP contribution in [0.3, 0.4) is 0 Å². The fourth-order valence-electron chi connectivity index (χ4n) is 1.43. The van der Waals surface area contributed by atoms with E-state index in [4.69, 9.17) is 10.5 Å². The fraction of sp³-hybridized carbons (Fsp3) is 0.500. The molecule has 0 fully saturated rings. The van der Waals surface area contributed by atoms with Gasteiger partial charge in [-0.15, -0.1) is 0 Å². The zero-order valence-electron chi connectivity index (χ0n) is 9.37. The number of benzene rings is 1. The minimum absolute atomic E-state index is 0.0875. The maximum atomic E-state index is 6.06. The quantitative estimate of drug-likeness (QED) is 0.801. The molecule has 0 aliphatic carbocycles. The lowest BCUT2D eigenvalue weighted by atomic mass is 9.96. The third-order valence-corrected chi connectivity index (χ3v) is 2.54. The molecule has 1 atom stereocenters. The fourth-order valence-corrected chi connectivity index (χ4v) is 1.43. The largest absolute Gasteiger partial charge is 0.496 e. The monoisotopic (exact) mass is 193 g/mol. The summed E-state index contributed by atoms with van der Waals surface area (Å²) < 4.78 is 5.26. The summed E-state index contributed by atoms with van der Waals surface area (Å²) in [6.07, 6.45) is 0. The van der Waals surface area contributed by atoms with Crippen molar-refractivity contribution in [1.82, 2.24) is 0 Å². The van der Waals surface area contributed by atoms with Gasteiger partial charge in [0.2, 0.25) is 0 Å². The van der Waals surface area contributed by atoms with Gasteiger partial charge in [0.15, 0.2) is 0 Å². The average molecular weight is 193 g/mol. The molecule has 1 rings (SSSR count). The summed E-state index contributed by atoms with van der Waals surface area (Å²) in [4.78, 5) is 0. The van der Waals surface area contributed by atoms with Crippen LogP contribution in [-0.2, 0) is 0 Å². The van der Waals surface area contributed by atoms with Crippen molar-refractivity contribution in [3.63, 3.8) is 0 Å². The minimum Gasteiger partial charge on any atom is -0.496 e. The summed E-state index contributed by atoms with van der Waals surface area (Å²) in [5.41, 5.74) is 8.34. The molecule has 0 aromatic heterocycles. The van der Waals surface area contributed by atoms with Crippen LogP contribution in [0.15, 0.2) is 18.2 Å². The summed E-state index contributed by atoms with van der Waals surface area (Å²) in [5, 5.41) is 0. The maximum Gasteiger partial charge on any atom is 0.122 e. The Labute approximate surface area is 86.1 Å². The van der Waals surface area contributed by atoms with Gasteiger partial charge in [-0.25, -0.2) is 0 Å². The lowest BCUT2D eigenvalue weighted by Crippen LogP contribution is -2.16. The molecule has 0 spiro atoms. The van der Waals surface area contributed by atoms with Crippen LogP contribution in [0.4, 0.5) is 0 Å². The van der Waals surface area contributed by atoms with Crippen molar-refractivity contribution in [2.24, 2.45) is 11.7 Å². The molecule has 0 saturated heterocycles. The van der Waals surface area contributed by atoms with Gasteiger partial charge in [0.1, 0.15) is 5.75 Å². The Morgan fingerprint density at radius 1 is 1.29 bits per heavy atom. The molecule has 0 aliphatic rings. The van der Waals surface area contributed by atoms with E-state index in [0.717, 1.165) is 16.9 Å². The Hall–Kier alpha value is -1.02. The molecule has 1 aromatic carbocycles. The Bertz CT molecular complexity index is 307. The molecule has 14 heavy (non-hydrogen) atoms. The van der Waals surface area contributed by atoms with Gasteiger partial charge in [-0.2, -0.15) is 0 Å². The van der Waals surface area contributed by atoms with E-state index >= 15 is 0 Å². The second kappa shape index (κ2) is 4.47. The summed E-state index contributed by atoms with van der Waals surface area (Å²) >= 11 is 0. The van der Waals surface area contributed by atoms with Crippen LogP contribution >= 0.6 is 0 Å². The number of rotatable bonds is 3. The van der Waals surface area contributed by atoms with Crippen molar-refractivity contribution in [2.45, 2.75) is 26.8 Å². The van der Waals surface area contributed by atoms with E-state index in [9.17, 15) is 0 Å². The van der Waals surface area contributed by atoms with Gasteiger partial charge in [0, 0.05) is 6.04 Å². The molecular formula is C12H19NO. The van der Waals surface area contributed by atoms with Crippen molar-refractivity contribution in [3.05, 3.63) is 29.3 Å². The SMILES string of the molecule is COc1cc([C@@H](N)C(C)C)ccc1C. The number of hydrogen-bond acceptors (Lipinski definition) is 2.